The molecule has 1 aromatic carbocycles. The predicted molar refractivity (Wildman–Crippen MR) is 66.6 cm³/mol. The van der Waals surface area contributed by atoms with Crippen LogP contribution in [0.15, 0.2) is 53.9 Å². The van der Waals surface area contributed by atoms with Crippen LogP contribution in [-0.2, 0) is 0 Å². The smallest absolute Gasteiger partial charge is 0.0564 e. The first-order chi connectivity index (χ1) is 7.84. The molecule has 0 aliphatic rings. The van der Waals surface area contributed by atoms with E-state index in [1.807, 2.05) is 30.3 Å². The molecule has 1 aromatic heterocycles. The van der Waals surface area contributed by atoms with Gasteiger partial charge in [-0.3, -0.25) is 10.4 Å². The number of anilines is 1. The summed E-state index contributed by atoms with van der Waals surface area (Å²) >= 11 is 0. The summed E-state index contributed by atoms with van der Waals surface area (Å²) in [6.45, 7) is 2.05. The van der Waals surface area contributed by atoms with Gasteiger partial charge >= 0.3 is 0 Å². The molecule has 0 amide bonds. The Bertz CT molecular complexity index is 478. The van der Waals surface area contributed by atoms with E-state index in [-0.39, 0.29) is 0 Å². The number of aryl methyl sites for hydroxylation is 1. The number of pyridine rings is 1. The average Bonchev–Trinajstić information content (AvgIpc) is 2.30. The fraction of sp³-hybridized carbons (Fsp3) is 0.0769. The lowest BCUT2D eigenvalue weighted by atomic mass is 10.2. The number of hydrogen-bond acceptors (Lipinski definition) is 3. The maximum atomic E-state index is 4.14. The Morgan fingerprint density at radius 2 is 2.19 bits per heavy atom. The second kappa shape index (κ2) is 5.07. The fourth-order valence-electron chi connectivity index (χ4n) is 1.35. The normalized spacial score (nSPS) is 10.6. The lowest BCUT2D eigenvalue weighted by Gasteiger charge is -2.00. The van der Waals surface area contributed by atoms with Crippen molar-refractivity contribution in [1.82, 2.24) is 4.98 Å². The lowest BCUT2D eigenvalue weighted by molar-refractivity contribution is 1.30. The Hall–Kier alpha value is -2.16. The van der Waals surface area contributed by atoms with E-state index in [0.717, 1.165) is 11.3 Å². The van der Waals surface area contributed by atoms with E-state index in [2.05, 4.69) is 28.5 Å². The molecule has 0 saturated carbocycles. The van der Waals surface area contributed by atoms with Crippen LogP contribution in [0.5, 0.6) is 0 Å². The fourth-order valence-corrected chi connectivity index (χ4v) is 1.35. The van der Waals surface area contributed by atoms with E-state index in [0.29, 0.717) is 0 Å². The van der Waals surface area contributed by atoms with Crippen molar-refractivity contribution in [2.45, 2.75) is 6.92 Å². The van der Waals surface area contributed by atoms with Crippen molar-refractivity contribution < 1.29 is 0 Å². The highest BCUT2D eigenvalue weighted by Crippen LogP contribution is 2.08. The van der Waals surface area contributed by atoms with Crippen LogP contribution >= 0.6 is 0 Å². The van der Waals surface area contributed by atoms with Gasteiger partial charge in [-0.05, 0) is 30.7 Å². The summed E-state index contributed by atoms with van der Waals surface area (Å²) in [5.41, 5.74) is 6.15. The molecule has 16 heavy (non-hydrogen) atoms. The molecule has 3 heteroatoms. The second-order valence-electron chi connectivity index (χ2n) is 3.53. The first-order valence-corrected chi connectivity index (χ1v) is 5.10. The van der Waals surface area contributed by atoms with E-state index in [9.17, 15) is 0 Å². The number of benzene rings is 1. The van der Waals surface area contributed by atoms with E-state index in [1.165, 1.54) is 5.56 Å². The van der Waals surface area contributed by atoms with Crippen LogP contribution in [-0.4, -0.2) is 11.2 Å². The van der Waals surface area contributed by atoms with Gasteiger partial charge in [-0.25, -0.2) is 0 Å². The number of nitrogens with zero attached hydrogens (tertiary/aromatic N) is 2. The Morgan fingerprint density at radius 1 is 1.25 bits per heavy atom. The molecule has 0 unspecified atom stereocenters. The largest absolute Gasteiger partial charge is 0.278 e. The molecule has 3 nitrogen and oxygen atoms in total. The SMILES string of the molecule is Cc1cccc(N/N=C/c2cccnc2)c1. The molecule has 0 fully saturated rings. The summed E-state index contributed by atoms with van der Waals surface area (Å²) in [5, 5.41) is 4.14. The first-order valence-electron chi connectivity index (χ1n) is 5.10. The predicted octanol–water partition coefficient (Wildman–Crippen LogP) is 2.84. The molecule has 1 heterocycles. The summed E-state index contributed by atoms with van der Waals surface area (Å²) in [4.78, 5) is 4.01. The third-order valence-corrected chi connectivity index (χ3v) is 2.11. The van der Waals surface area contributed by atoms with Crippen LogP contribution < -0.4 is 5.43 Å². The standard InChI is InChI=1S/C13H13N3/c1-11-4-2-6-13(8-11)16-15-10-12-5-3-7-14-9-12/h2-10,16H,1H3/b15-10+. The number of hydrazone groups is 1. The molecule has 2 aromatic rings. The molecular weight excluding hydrogens is 198 g/mol. The van der Waals surface area contributed by atoms with Crippen LogP contribution in [0.3, 0.4) is 0 Å². The van der Waals surface area contributed by atoms with Crippen molar-refractivity contribution in [3.63, 3.8) is 0 Å². The Labute approximate surface area is 94.9 Å². The number of rotatable bonds is 3. The number of nitrogens with one attached hydrogen (secondary N) is 1. The molecule has 0 radical (unpaired) electrons. The number of aromatic nitrogens is 1. The minimum absolute atomic E-state index is 0.975. The Morgan fingerprint density at radius 3 is 2.94 bits per heavy atom. The highest BCUT2D eigenvalue weighted by Gasteiger charge is 1.89. The van der Waals surface area contributed by atoms with Crippen LogP contribution in [0, 0.1) is 6.92 Å². The minimum Gasteiger partial charge on any atom is -0.278 e. The van der Waals surface area contributed by atoms with Crippen LogP contribution in [0.25, 0.3) is 0 Å². The quantitative estimate of drug-likeness (QED) is 0.626. The van der Waals surface area contributed by atoms with Crippen molar-refractivity contribution in [1.29, 1.82) is 0 Å². The summed E-state index contributed by atoms with van der Waals surface area (Å²) in [6.07, 6.45) is 5.25. The van der Waals surface area contributed by atoms with Gasteiger partial charge in [0.15, 0.2) is 0 Å². The average molecular weight is 211 g/mol. The first kappa shape index (κ1) is 10.4. The van der Waals surface area contributed by atoms with Gasteiger partial charge in [-0.1, -0.05) is 18.2 Å². The van der Waals surface area contributed by atoms with Crippen molar-refractivity contribution >= 4 is 11.9 Å². The van der Waals surface area contributed by atoms with E-state index in [1.54, 1.807) is 18.6 Å². The monoisotopic (exact) mass is 211 g/mol. The molecule has 80 valence electrons. The van der Waals surface area contributed by atoms with E-state index >= 15 is 0 Å². The van der Waals surface area contributed by atoms with Crippen molar-refractivity contribution in [3.05, 3.63) is 59.9 Å². The van der Waals surface area contributed by atoms with Gasteiger partial charge in [-0.15, -0.1) is 0 Å². The van der Waals surface area contributed by atoms with Gasteiger partial charge in [0, 0.05) is 18.0 Å². The summed E-state index contributed by atoms with van der Waals surface area (Å²) in [7, 11) is 0. The topological polar surface area (TPSA) is 37.3 Å². The molecule has 0 aliphatic carbocycles. The number of hydrogen-bond donors (Lipinski definition) is 1. The molecule has 0 bridgehead atoms. The third kappa shape index (κ3) is 2.92. The molecule has 2 rings (SSSR count). The Kier molecular flexibility index (Phi) is 3.28. The van der Waals surface area contributed by atoms with Gasteiger partial charge in [0.05, 0.1) is 11.9 Å². The zero-order valence-corrected chi connectivity index (χ0v) is 9.09. The van der Waals surface area contributed by atoms with Gasteiger partial charge in [0.2, 0.25) is 0 Å². The zero-order chi connectivity index (χ0) is 11.2. The molecule has 0 spiro atoms. The minimum atomic E-state index is 0.975. The highest BCUT2D eigenvalue weighted by molar-refractivity contribution is 5.79. The van der Waals surface area contributed by atoms with Crippen molar-refractivity contribution in [2.24, 2.45) is 5.10 Å². The summed E-state index contributed by atoms with van der Waals surface area (Å²) in [5.74, 6) is 0. The van der Waals surface area contributed by atoms with Gasteiger partial charge in [-0.2, -0.15) is 5.10 Å². The van der Waals surface area contributed by atoms with Gasteiger partial charge in [0.1, 0.15) is 0 Å². The lowest BCUT2D eigenvalue weighted by Crippen LogP contribution is -1.91. The molecule has 1 N–H and O–H groups in total. The second-order valence-corrected chi connectivity index (χ2v) is 3.53. The maximum absolute atomic E-state index is 4.14. The van der Waals surface area contributed by atoms with Gasteiger partial charge in [0.25, 0.3) is 0 Å². The van der Waals surface area contributed by atoms with E-state index in [4.69, 9.17) is 0 Å². The zero-order valence-electron chi connectivity index (χ0n) is 9.09. The molecular formula is C13H13N3. The molecule has 0 aliphatic heterocycles. The molecule has 0 atom stereocenters. The van der Waals surface area contributed by atoms with Gasteiger partial charge < -0.3 is 0 Å². The Balaban J connectivity index is 2.00. The van der Waals surface area contributed by atoms with E-state index < -0.39 is 0 Å². The molecule has 0 saturated heterocycles. The summed E-state index contributed by atoms with van der Waals surface area (Å²) < 4.78 is 0. The highest BCUT2D eigenvalue weighted by atomic mass is 15.3. The van der Waals surface area contributed by atoms with Crippen LogP contribution in [0.1, 0.15) is 11.1 Å². The van der Waals surface area contributed by atoms with Crippen molar-refractivity contribution in [2.75, 3.05) is 5.43 Å². The van der Waals surface area contributed by atoms with Crippen LogP contribution in [0.2, 0.25) is 0 Å². The van der Waals surface area contributed by atoms with Crippen molar-refractivity contribution in [3.8, 4) is 0 Å². The summed E-state index contributed by atoms with van der Waals surface area (Å²) in [6, 6.07) is 11.9. The third-order valence-electron chi connectivity index (χ3n) is 2.11. The van der Waals surface area contributed by atoms with Crippen LogP contribution in [0.4, 0.5) is 5.69 Å². The maximum Gasteiger partial charge on any atom is 0.0564 e.